The topological polar surface area (TPSA) is 119 Å². The molecule has 0 aliphatic carbocycles. The molecule has 1 unspecified atom stereocenters. The fourth-order valence-electron chi connectivity index (χ4n) is 1.74. The summed E-state index contributed by atoms with van der Waals surface area (Å²) in [5.74, 6) is -3.10. The summed E-state index contributed by atoms with van der Waals surface area (Å²) in [6, 6.07) is 2.50. The molecule has 0 amide bonds. The second-order valence-corrected chi connectivity index (χ2v) is 3.73. The minimum absolute atomic E-state index is 0.0904. The SMILES string of the molecule is COc1cc(C(=O)O)cc(C(CN)C(=O)O)c1OC. The summed E-state index contributed by atoms with van der Waals surface area (Å²) in [5.41, 5.74) is 5.51. The third kappa shape index (κ3) is 2.94. The molecule has 0 aliphatic rings. The fraction of sp³-hybridized carbons (Fsp3) is 0.333. The molecule has 104 valence electrons. The molecule has 0 fully saturated rings. The zero-order valence-corrected chi connectivity index (χ0v) is 10.5. The highest BCUT2D eigenvalue weighted by molar-refractivity contribution is 5.90. The van der Waals surface area contributed by atoms with E-state index in [1.807, 2.05) is 0 Å². The van der Waals surface area contributed by atoms with Crippen molar-refractivity contribution < 1.29 is 29.3 Å². The molecule has 19 heavy (non-hydrogen) atoms. The summed E-state index contributed by atoms with van der Waals surface area (Å²) in [6.07, 6.45) is 0. The number of methoxy groups -OCH3 is 2. The maximum absolute atomic E-state index is 11.2. The monoisotopic (exact) mass is 269 g/mol. The normalized spacial score (nSPS) is 11.7. The zero-order valence-electron chi connectivity index (χ0n) is 10.5. The van der Waals surface area contributed by atoms with Crippen LogP contribution in [0.15, 0.2) is 12.1 Å². The Hall–Kier alpha value is -2.28. The third-order valence-corrected chi connectivity index (χ3v) is 2.66. The van der Waals surface area contributed by atoms with Gasteiger partial charge in [0.25, 0.3) is 0 Å². The van der Waals surface area contributed by atoms with E-state index in [1.165, 1.54) is 26.4 Å². The number of carbonyl (C=O) groups is 2. The molecule has 1 aromatic rings. The van der Waals surface area contributed by atoms with Crippen LogP contribution in [0.1, 0.15) is 21.8 Å². The number of ether oxygens (including phenoxy) is 2. The van der Waals surface area contributed by atoms with Crippen LogP contribution < -0.4 is 15.2 Å². The summed E-state index contributed by atoms with van der Waals surface area (Å²) in [7, 11) is 2.68. The zero-order chi connectivity index (χ0) is 14.6. The first-order chi connectivity index (χ1) is 8.96. The first-order valence-corrected chi connectivity index (χ1v) is 5.38. The Morgan fingerprint density at radius 1 is 1.26 bits per heavy atom. The van der Waals surface area contributed by atoms with Gasteiger partial charge in [0.2, 0.25) is 0 Å². The fourth-order valence-corrected chi connectivity index (χ4v) is 1.74. The van der Waals surface area contributed by atoms with E-state index >= 15 is 0 Å². The van der Waals surface area contributed by atoms with Crippen molar-refractivity contribution >= 4 is 11.9 Å². The summed E-state index contributed by atoms with van der Waals surface area (Å²) < 4.78 is 10.1. The molecule has 1 atom stereocenters. The molecule has 0 heterocycles. The number of carboxylic acids is 2. The van der Waals surface area contributed by atoms with E-state index in [9.17, 15) is 9.59 Å². The molecule has 0 saturated heterocycles. The number of hydrogen-bond donors (Lipinski definition) is 3. The summed E-state index contributed by atoms with van der Waals surface area (Å²) in [6.45, 7) is -0.183. The maximum atomic E-state index is 11.2. The Morgan fingerprint density at radius 2 is 1.89 bits per heavy atom. The van der Waals surface area contributed by atoms with E-state index in [0.717, 1.165) is 0 Å². The second kappa shape index (κ2) is 6.05. The second-order valence-electron chi connectivity index (χ2n) is 3.73. The molecule has 0 aliphatic heterocycles. The molecule has 7 nitrogen and oxygen atoms in total. The van der Waals surface area contributed by atoms with E-state index in [2.05, 4.69) is 0 Å². The van der Waals surface area contributed by atoms with Crippen molar-refractivity contribution in [3.8, 4) is 11.5 Å². The van der Waals surface area contributed by atoms with Gasteiger partial charge >= 0.3 is 11.9 Å². The van der Waals surface area contributed by atoms with Crippen molar-refractivity contribution in [3.63, 3.8) is 0 Å². The van der Waals surface area contributed by atoms with Crippen molar-refractivity contribution in [1.82, 2.24) is 0 Å². The Kier molecular flexibility index (Phi) is 4.71. The number of nitrogens with two attached hydrogens (primary N) is 1. The smallest absolute Gasteiger partial charge is 0.335 e. The average molecular weight is 269 g/mol. The van der Waals surface area contributed by atoms with Gasteiger partial charge in [0.15, 0.2) is 11.5 Å². The molecular formula is C12H15NO6. The minimum atomic E-state index is -1.19. The van der Waals surface area contributed by atoms with Gasteiger partial charge < -0.3 is 25.4 Å². The van der Waals surface area contributed by atoms with Crippen molar-refractivity contribution in [2.75, 3.05) is 20.8 Å². The van der Waals surface area contributed by atoms with E-state index in [4.69, 9.17) is 25.4 Å². The first-order valence-electron chi connectivity index (χ1n) is 5.38. The van der Waals surface area contributed by atoms with Gasteiger partial charge in [-0.25, -0.2) is 4.79 Å². The number of rotatable bonds is 6. The highest BCUT2D eigenvalue weighted by Crippen LogP contribution is 2.37. The van der Waals surface area contributed by atoms with Crippen LogP contribution in [0.2, 0.25) is 0 Å². The van der Waals surface area contributed by atoms with Gasteiger partial charge in [0.1, 0.15) is 0 Å². The van der Waals surface area contributed by atoms with E-state index in [0.29, 0.717) is 0 Å². The Bertz CT molecular complexity index is 499. The predicted molar refractivity (Wildman–Crippen MR) is 65.9 cm³/mol. The van der Waals surface area contributed by atoms with Crippen LogP contribution >= 0.6 is 0 Å². The number of carboxylic acid groups (broad SMARTS) is 2. The Labute approximate surface area is 109 Å². The van der Waals surface area contributed by atoms with Gasteiger partial charge in [-0.1, -0.05) is 0 Å². The van der Waals surface area contributed by atoms with Crippen molar-refractivity contribution in [2.45, 2.75) is 5.92 Å². The van der Waals surface area contributed by atoms with E-state index in [-0.39, 0.29) is 29.2 Å². The van der Waals surface area contributed by atoms with E-state index < -0.39 is 17.9 Å². The van der Waals surface area contributed by atoms with Crippen LogP contribution in [0.25, 0.3) is 0 Å². The molecule has 0 radical (unpaired) electrons. The van der Waals surface area contributed by atoms with Crippen molar-refractivity contribution in [2.24, 2.45) is 5.73 Å². The summed E-state index contributed by atoms with van der Waals surface area (Å²) >= 11 is 0. The van der Waals surface area contributed by atoms with Gasteiger partial charge in [-0.05, 0) is 12.1 Å². The molecular weight excluding hydrogens is 254 g/mol. The molecule has 0 aromatic heterocycles. The van der Waals surface area contributed by atoms with Crippen LogP contribution in [0, 0.1) is 0 Å². The molecule has 0 bridgehead atoms. The van der Waals surface area contributed by atoms with Gasteiger partial charge in [-0.15, -0.1) is 0 Å². The van der Waals surface area contributed by atoms with Gasteiger partial charge in [0, 0.05) is 12.1 Å². The molecule has 7 heteroatoms. The quantitative estimate of drug-likeness (QED) is 0.689. The van der Waals surface area contributed by atoms with Gasteiger partial charge in [0.05, 0.1) is 25.7 Å². The average Bonchev–Trinajstić information content (AvgIpc) is 2.37. The molecule has 4 N–H and O–H groups in total. The summed E-state index contributed by atoms with van der Waals surface area (Å²) in [4.78, 5) is 22.2. The van der Waals surface area contributed by atoms with Crippen molar-refractivity contribution in [3.05, 3.63) is 23.3 Å². The summed E-state index contributed by atoms with van der Waals surface area (Å²) in [5, 5.41) is 18.1. The van der Waals surface area contributed by atoms with Crippen LogP contribution in [-0.2, 0) is 4.79 Å². The minimum Gasteiger partial charge on any atom is -0.493 e. The van der Waals surface area contributed by atoms with Gasteiger partial charge in [-0.3, -0.25) is 4.79 Å². The lowest BCUT2D eigenvalue weighted by Gasteiger charge is -2.17. The molecule has 0 spiro atoms. The maximum Gasteiger partial charge on any atom is 0.335 e. The molecule has 1 aromatic carbocycles. The van der Waals surface area contributed by atoms with E-state index in [1.54, 1.807) is 0 Å². The number of aliphatic carboxylic acids is 1. The number of aromatic carboxylic acids is 1. The highest BCUT2D eigenvalue weighted by atomic mass is 16.5. The van der Waals surface area contributed by atoms with Crippen LogP contribution in [0.4, 0.5) is 0 Å². The molecule has 1 rings (SSSR count). The Balaban J connectivity index is 3.53. The number of benzene rings is 1. The Morgan fingerprint density at radius 3 is 2.26 bits per heavy atom. The lowest BCUT2D eigenvalue weighted by molar-refractivity contribution is -0.138. The van der Waals surface area contributed by atoms with Gasteiger partial charge in [-0.2, -0.15) is 0 Å². The standard InChI is InChI=1S/C12H15NO6/c1-18-9-4-6(11(14)15)3-7(10(9)19-2)8(5-13)12(16)17/h3-4,8H,5,13H2,1-2H3,(H,14,15)(H,16,17). The number of hydrogen-bond acceptors (Lipinski definition) is 5. The van der Waals surface area contributed by atoms with Crippen LogP contribution in [0.3, 0.4) is 0 Å². The lowest BCUT2D eigenvalue weighted by Crippen LogP contribution is -2.22. The third-order valence-electron chi connectivity index (χ3n) is 2.66. The first kappa shape index (κ1) is 14.8. The predicted octanol–water partition coefficient (Wildman–Crippen LogP) is 0.529. The highest BCUT2D eigenvalue weighted by Gasteiger charge is 2.26. The van der Waals surface area contributed by atoms with Crippen LogP contribution in [-0.4, -0.2) is 42.9 Å². The molecule has 0 saturated carbocycles. The lowest BCUT2D eigenvalue weighted by atomic mass is 9.95. The van der Waals surface area contributed by atoms with Crippen molar-refractivity contribution in [1.29, 1.82) is 0 Å². The van der Waals surface area contributed by atoms with Crippen LogP contribution in [0.5, 0.6) is 11.5 Å². The largest absolute Gasteiger partial charge is 0.493 e.